The first-order valence-corrected chi connectivity index (χ1v) is 11.4. The zero-order valence-electron chi connectivity index (χ0n) is 19.0. The van der Waals surface area contributed by atoms with E-state index >= 15 is 0 Å². The van der Waals surface area contributed by atoms with Gasteiger partial charge in [0.1, 0.15) is 31.1 Å². The van der Waals surface area contributed by atoms with Crippen molar-refractivity contribution in [3.63, 3.8) is 0 Å². The minimum Gasteiger partial charge on any atom is -0.487 e. The average molecular weight is 474 g/mol. The summed E-state index contributed by atoms with van der Waals surface area (Å²) in [6.07, 6.45) is 5.79. The van der Waals surface area contributed by atoms with Crippen molar-refractivity contribution in [1.82, 2.24) is 15.0 Å². The minimum atomic E-state index is 0.209. The van der Waals surface area contributed by atoms with Crippen LogP contribution in [0.15, 0.2) is 66.2 Å². The van der Waals surface area contributed by atoms with Crippen molar-refractivity contribution >= 4 is 39.9 Å². The highest BCUT2D eigenvalue weighted by molar-refractivity contribution is 6.32. The number of aryl methyl sites for hydroxylation is 1. The molecule has 0 radical (unpaired) electrons. The Bertz CT molecular complexity index is 1370. The van der Waals surface area contributed by atoms with Gasteiger partial charge in [0.15, 0.2) is 5.90 Å². The molecule has 0 amide bonds. The van der Waals surface area contributed by atoms with E-state index in [-0.39, 0.29) is 6.04 Å². The number of rotatable bonds is 7. The Morgan fingerprint density at radius 2 is 2.00 bits per heavy atom. The Morgan fingerprint density at radius 1 is 1.09 bits per heavy atom. The summed E-state index contributed by atoms with van der Waals surface area (Å²) in [7, 11) is 0. The van der Waals surface area contributed by atoms with Crippen molar-refractivity contribution in [2.45, 2.75) is 32.9 Å². The lowest BCUT2D eigenvalue weighted by Crippen LogP contribution is -2.04. The molecule has 8 heteroatoms. The summed E-state index contributed by atoms with van der Waals surface area (Å²) in [5.41, 5.74) is 4.82. The summed E-state index contributed by atoms with van der Waals surface area (Å²) in [5.74, 6) is 2.07. The second-order valence-electron chi connectivity index (χ2n) is 8.36. The van der Waals surface area contributed by atoms with Gasteiger partial charge in [0, 0.05) is 35.5 Å². The normalized spacial score (nSPS) is 15.1. The molecule has 7 nitrogen and oxygen atoms in total. The fourth-order valence-corrected chi connectivity index (χ4v) is 4.05. The van der Waals surface area contributed by atoms with E-state index < -0.39 is 0 Å². The molecule has 1 atom stereocenters. The number of hydrogen-bond donors (Lipinski definition) is 1. The van der Waals surface area contributed by atoms with Crippen LogP contribution in [0.1, 0.15) is 23.6 Å². The number of aromatic nitrogens is 3. The molecule has 0 saturated carbocycles. The summed E-state index contributed by atoms with van der Waals surface area (Å²) >= 11 is 6.50. The zero-order chi connectivity index (χ0) is 23.5. The largest absolute Gasteiger partial charge is 0.487 e. The predicted octanol–water partition coefficient (Wildman–Crippen LogP) is 5.67. The molecule has 0 aliphatic carbocycles. The van der Waals surface area contributed by atoms with Crippen LogP contribution in [0.25, 0.3) is 10.9 Å². The molecule has 0 spiro atoms. The molecule has 4 aromatic rings. The summed E-state index contributed by atoms with van der Waals surface area (Å²) in [6, 6.07) is 13.9. The highest BCUT2D eigenvalue weighted by atomic mass is 35.5. The van der Waals surface area contributed by atoms with Gasteiger partial charge in [-0.2, -0.15) is 0 Å². The van der Waals surface area contributed by atoms with Crippen LogP contribution in [-0.4, -0.2) is 33.5 Å². The minimum absolute atomic E-state index is 0.209. The summed E-state index contributed by atoms with van der Waals surface area (Å²) in [4.78, 5) is 17.6. The van der Waals surface area contributed by atoms with Crippen LogP contribution in [-0.2, 0) is 17.8 Å². The van der Waals surface area contributed by atoms with Crippen molar-refractivity contribution in [2.24, 2.45) is 4.99 Å². The SMILES string of the molecule is Cc1cncc(COc2ccc(Nc3ncnc4ccc(CC5=NC(C)CO5)cc34)cc2Cl)c1. The number of ether oxygens (including phenoxy) is 2. The Hall–Kier alpha value is -3.71. The number of nitrogens with one attached hydrogen (secondary N) is 1. The maximum atomic E-state index is 6.50. The number of benzene rings is 2. The fourth-order valence-electron chi connectivity index (χ4n) is 3.81. The predicted molar refractivity (Wildman–Crippen MR) is 134 cm³/mol. The molecule has 0 fully saturated rings. The number of anilines is 2. The van der Waals surface area contributed by atoms with Crippen molar-refractivity contribution in [1.29, 1.82) is 0 Å². The first-order chi connectivity index (χ1) is 16.5. The highest BCUT2D eigenvalue weighted by Crippen LogP contribution is 2.31. The van der Waals surface area contributed by atoms with Gasteiger partial charge >= 0.3 is 0 Å². The van der Waals surface area contributed by atoms with Crippen LogP contribution in [0.4, 0.5) is 11.5 Å². The van der Waals surface area contributed by atoms with E-state index in [1.54, 1.807) is 12.5 Å². The molecule has 1 aliphatic heterocycles. The van der Waals surface area contributed by atoms with Crippen molar-refractivity contribution < 1.29 is 9.47 Å². The van der Waals surface area contributed by atoms with Crippen LogP contribution in [0.2, 0.25) is 5.02 Å². The molecular weight excluding hydrogens is 450 g/mol. The van der Waals surface area contributed by atoms with Gasteiger partial charge in [-0.3, -0.25) is 4.98 Å². The molecule has 0 saturated heterocycles. The third-order valence-electron chi connectivity index (χ3n) is 5.43. The van der Waals surface area contributed by atoms with Crippen molar-refractivity contribution in [2.75, 3.05) is 11.9 Å². The highest BCUT2D eigenvalue weighted by Gasteiger charge is 2.15. The zero-order valence-corrected chi connectivity index (χ0v) is 19.7. The lowest BCUT2D eigenvalue weighted by molar-refractivity contribution is 0.306. The van der Waals surface area contributed by atoms with Crippen LogP contribution in [0.5, 0.6) is 5.75 Å². The standard InChI is InChI=1S/C26H24ClN5O2/c1-16-7-19(12-28-11-16)14-33-24-6-4-20(10-22(24)27)32-26-21-8-18(3-5-23(21)29-15-30-26)9-25-31-17(2)13-34-25/h3-8,10-12,15,17H,9,13-14H2,1-2H3,(H,29,30,32). The molecule has 3 heterocycles. The average Bonchev–Trinajstić information content (AvgIpc) is 3.23. The van der Waals surface area contributed by atoms with Gasteiger partial charge in [-0.15, -0.1) is 0 Å². The number of halogens is 1. The first kappa shape index (κ1) is 22.1. The Kier molecular flexibility index (Phi) is 6.27. The summed E-state index contributed by atoms with van der Waals surface area (Å²) in [6.45, 7) is 5.08. The van der Waals surface area contributed by atoms with Crippen LogP contribution >= 0.6 is 11.6 Å². The van der Waals surface area contributed by atoms with Gasteiger partial charge in [0.2, 0.25) is 0 Å². The fraction of sp³-hybridized carbons (Fsp3) is 0.231. The van der Waals surface area contributed by atoms with Gasteiger partial charge in [0.05, 0.1) is 16.6 Å². The van der Waals surface area contributed by atoms with Gasteiger partial charge in [0.25, 0.3) is 0 Å². The summed E-state index contributed by atoms with van der Waals surface area (Å²) < 4.78 is 11.5. The smallest absolute Gasteiger partial charge is 0.188 e. The maximum absolute atomic E-state index is 6.50. The molecule has 0 bridgehead atoms. The van der Waals surface area contributed by atoms with E-state index in [1.165, 1.54) is 0 Å². The molecule has 2 aromatic carbocycles. The van der Waals surface area contributed by atoms with Crippen LogP contribution in [0.3, 0.4) is 0 Å². The first-order valence-electron chi connectivity index (χ1n) is 11.1. The molecule has 1 unspecified atom stereocenters. The van der Waals surface area contributed by atoms with Crippen molar-refractivity contribution in [3.05, 3.63) is 82.9 Å². The van der Waals surface area contributed by atoms with E-state index in [0.717, 1.165) is 39.2 Å². The molecule has 1 N–H and O–H groups in total. The van der Waals surface area contributed by atoms with E-state index in [4.69, 9.17) is 21.1 Å². The van der Waals surface area contributed by atoms with E-state index in [1.807, 2.05) is 56.4 Å². The monoisotopic (exact) mass is 473 g/mol. The van der Waals surface area contributed by atoms with E-state index in [9.17, 15) is 0 Å². The van der Waals surface area contributed by atoms with Crippen LogP contribution in [0, 0.1) is 6.92 Å². The number of aliphatic imine (C=N–C) groups is 1. The second kappa shape index (κ2) is 9.65. The van der Waals surface area contributed by atoms with Gasteiger partial charge in [-0.05, 0) is 61.4 Å². The topological polar surface area (TPSA) is 81.5 Å². The molecule has 172 valence electrons. The number of pyridine rings is 1. The lowest BCUT2D eigenvalue weighted by Gasteiger charge is -2.12. The molecule has 5 rings (SSSR count). The number of fused-ring (bicyclic) bond motifs is 1. The van der Waals surface area contributed by atoms with Gasteiger partial charge in [-0.25, -0.2) is 15.0 Å². The van der Waals surface area contributed by atoms with Crippen LogP contribution < -0.4 is 10.1 Å². The van der Waals surface area contributed by atoms with Gasteiger partial charge in [-0.1, -0.05) is 17.7 Å². The Morgan fingerprint density at radius 3 is 2.79 bits per heavy atom. The van der Waals surface area contributed by atoms with E-state index in [2.05, 4.69) is 31.3 Å². The Labute approximate surface area is 202 Å². The quantitative estimate of drug-likeness (QED) is 0.372. The molecule has 1 aliphatic rings. The lowest BCUT2D eigenvalue weighted by atomic mass is 10.1. The van der Waals surface area contributed by atoms with Crippen molar-refractivity contribution in [3.8, 4) is 5.75 Å². The Balaban J connectivity index is 1.33. The maximum Gasteiger partial charge on any atom is 0.188 e. The molecular formula is C26H24ClN5O2. The second-order valence-corrected chi connectivity index (χ2v) is 8.77. The summed E-state index contributed by atoms with van der Waals surface area (Å²) in [5, 5.41) is 4.78. The number of hydrogen-bond acceptors (Lipinski definition) is 7. The molecule has 34 heavy (non-hydrogen) atoms. The third-order valence-corrected chi connectivity index (χ3v) is 5.73. The van der Waals surface area contributed by atoms with Gasteiger partial charge < -0.3 is 14.8 Å². The number of nitrogens with zero attached hydrogens (tertiary/aromatic N) is 4. The van der Waals surface area contributed by atoms with E-state index in [0.29, 0.717) is 36.2 Å². The molecule has 2 aromatic heterocycles. The third kappa shape index (κ3) is 5.10.